The number of hydrogen-bond donors (Lipinski definition) is 3. The fraction of sp³-hybridized carbons (Fsp3) is 0.243. The zero-order valence-electron chi connectivity index (χ0n) is 27.9. The molecule has 0 bridgehead atoms. The van der Waals surface area contributed by atoms with E-state index in [9.17, 15) is 9.59 Å². The summed E-state index contributed by atoms with van der Waals surface area (Å²) in [5.41, 5.74) is 7.39. The van der Waals surface area contributed by atoms with Crippen LogP contribution in [0.1, 0.15) is 44.5 Å². The van der Waals surface area contributed by atoms with Gasteiger partial charge >= 0.3 is 0 Å². The van der Waals surface area contributed by atoms with E-state index in [0.717, 1.165) is 44.9 Å². The molecular formula is C37H42N4O6. The second-order valence-electron chi connectivity index (χ2n) is 10.7. The van der Waals surface area contributed by atoms with Crippen molar-refractivity contribution in [2.75, 3.05) is 21.2 Å². The van der Waals surface area contributed by atoms with Crippen LogP contribution in [0.15, 0.2) is 95.2 Å². The lowest BCUT2D eigenvalue weighted by Crippen LogP contribution is -2.29. The van der Waals surface area contributed by atoms with Gasteiger partial charge in [-0.15, -0.1) is 0 Å². The monoisotopic (exact) mass is 638 g/mol. The molecule has 0 atom stereocenters. The highest BCUT2D eigenvalue weighted by Gasteiger charge is 2.18. The van der Waals surface area contributed by atoms with Crippen LogP contribution in [0.5, 0.6) is 11.5 Å². The first-order valence-electron chi connectivity index (χ1n) is 15.0. The standard InChI is InChI=1S/C19H22N2O3.C18H20N2O3/c1-13-9-10-14(2)17(11-13)24-12-15-7-5-6-8-16(15)18(21-23-4)19(22)20-3;1-12-8-9-13(2)16(10-12)23-11-14-6-4-5-7-15(14)17(20-22)18(21)19-3/h5-11H,12H2,1-4H3,(H,20,22);4-10,22H,11H2,1-3H3,(H,19,21)/b21-18+;20-17+. The van der Waals surface area contributed by atoms with Crippen LogP contribution >= 0.6 is 0 Å². The minimum atomic E-state index is -0.452. The summed E-state index contributed by atoms with van der Waals surface area (Å²) in [6.45, 7) is 8.61. The first-order valence-corrected chi connectivity index (χ1v) is 15.0. The number of carbonyl (C=O) groups excluding carboxylic acids is 2. The predicted molar refractivity (Wildman–Crippen MR) is 183 cm³/mol. The molecule has 2 amide bonds. The van der Waals surface area contributed by atoms with E-state index < -0.39 is 5.91 Å². The van der Waals surface area contributed by atoms with Crippen LogP contribution < -0.4 is 20.1 Å². The number of nitrogens with zero attached hydrogens (tertiary/aromatic N) is 2. The van der Waals surface area contributed by atoms with E-state index in [1.807, 2.05) is 100 Å². The number of ether oxygens (including phenoxy) is 2. The van der Waals surface area contributed by atoms with Gasteiger partial charge in [0, 0.05) is 25.2 Å². The highest BCUT2D eigenvalue weighted by atomic mass is 16.6. The average Bonchev–Trinajstić information content (AvgIpc) is 3.08. The molecule has 10 nitrogen and oxygen atoms in total. The number of hydrogen-bond acceptors (Lipinski definition) is 8. The van der Waals surface area contributed by atoms with Crippen LogP contribution in [0.4, 0.5) is 0 Å². The Kier molecular flexibility index (Phi) is 13.5. The fourth-order valence-electron chi connectivity index (χ4n) is 4.55. The summed E-state index contributed by atoms with van der Waals surface area (Å²) in [6, 6.07) is 26.8. The average molecular weight is 639 g/mol. The van der Waals surface area contributed by atoms with Crippen molar-refractivity contribution in [1.29, 1.82) is 0 Å². The van der Waals surface area contributed by atoms with E-state index in [2.05, 4.69) is 20.9 Å². The molecular weight excluding hydrogens is 596 g/mol. The lowest BCUT2D eigenvalue weighted by atomic mass is 10.0. The van der Waals surface area contributed by atoms with Gasteiger partial charge in [0.2, 0.25) is 0 Å². The van der Waals surface area contributed by atoms with Gasteiger partial charge in [0.05, 0.1) is 0 Å². The minimum absolute atomic E-state index is 0.0346. The quantitative estimate of drug-likeness (QED) is 0.108. The smallest absolute Gasteiger partial charge is 0.273 e. The molecule has 0 aliphatic carbocycles. The lowest BCUT2D eigenvalue weighted by molar-refractivity contribution is -0.115. The molecule has 0 fully saturated rings. The molecule has 0 saturated carbocycles. The first-order chi connectivity index (χ1) is 22.6. The van der Waals surface area contributed by atoms with E-state index in [1.165, 1.54) is 14.2 Å². The summed E-state index contributed by atoms with van der Waals surface area (Å²) in [5.74, 6) is 0.861. The Bertz CT molecular complexity index is 1750. The molecule has 0 aliphatic rings. The van der Waals surface area contributed by atoms with Crippen LogP contribution in [-0.2, 0) is 27.6 Å². The summed E-state index contributed by atoms with van der Waals surface area (Å²) >= 11 is 0. The van der Waals surface area contributed by atoms with Gasteiger partial charge in [-0.05, 0) is 73.2 Å². The van der Waals surface area contributed by atoms with Crippen molar-refractivity contribution in [3.8, 4) is 11.5 Å². The van der Waals surface area contributed by atoms with Gasteiger partial charge in [0.25, 0.3) is 11.8 Å². The third-order valence-corrected chi connectivity index (χ3v) is 7.17. The second-order valence-corrected chi connectivity index (χ2v) is 10.7. The number of nitrogens with one attached hydrogen (secondary N) is 2. The van der Waals surface area contributed by atoms with Gasteiger partial charge in [-0.1, -0.05) is 83.1 Å². The lowest BCUT2D eigenvalue weighted by Gasteiger charge is -2.13. The summed E-state index contributed by atoms with van der Waals surface area (Å²) in [7, 11) is 4.46. The molecule has 3 N–H and O–H groups in total. The maximum atomic E-state index is 12.1. The van der Waals surface area contributed by atoms with Gasteiger partial charge in [0.1, 0.15) is 31.8 Å². The van der Waals surface area contributed by atoms with Crippen LogP contribution in [-0.4, -0.2) is 49.7 Å². The maximum Gasteiger partial charge on any atom is 0.273 e. The molecule has 0 spiro atoms. The maximum absolute atomic E-state index is 12.1. The number of amides is 2. The molecule has 0 heterocycles. The topological polar surface area (TPSA) is 131 Å². The Morgan fingerprint density at radius 1 is 0.660 bits per heavy atom. The fourth-order valence-corrected chi connectivity index (χ4v) is 4.55. The number of carbonyl (C=O) groups is 2. The van der Waals surface area contributed by atoms with E-state index >= 15 is 0 Å². The van der Waals surface area contributed by atoms with Crippen molar-refractivity contribution in [2.24, 2.45) is 10.3 Å². The molecule has 0 aliphatic heterocycles. The molecule has 0 unspecified atom stereocenters. The Labute approximate surface area is 276 Å². The van der Waals surface area contributed by atoms with Crippen LogP contribution in [0.2, 0.25) is 0 Å². The molecule has 246 valence electrons. The third kappa shape index (κ3) is 9.92. The van der Waals surface area contributed by atoms with Gasteiger partial charge < -0.3 is 30.2 Å². The van der Waals surface area contributed by atoms with Crippen molar-refractivity contribution in [1.82, 2.24) is 10.6 Å². The Hall–Kier alpha value is -5.64. The van der Waals surface area contributed by atoms with Gasteiger partial charge in [-0.2, -0.15) is 0 Å². The number of oxime groups is 2. The molecule has 47 heavy (non-hydrogen) atoms. The first kappa shape index (κ1) is 35.8. The van der Waals surface area contributed by atoms with Gasteiger partial charge in [0.15, 0.2) is 11.4 Å². The van der Waals surface area contributed by atoms with Gasteiger partial charge in [-0.25, -0.2) is 0 Å². The highest BCUT2D eigenvalue weighted by molar-refractivity contribution is 6.46. The normalized spacial score (nSPS) is 11.1. The Morgan fingerprint density at radius 3 is 1.51 bits per heavy atom. The van der Waals surface area contributed by atoms with E-state index in [4.69, 9.17) is 19.5 Å². The zero-order valence-corrected chi connectivity index (χ0v) is 27.9. The summed E-state index contributed by atoms with van der Waals surface area (Å²) < 4.78 is 11.8. The van der Waals surface area contributed by atoms with Crippen molar-refractivity contribution >= 4 is 23.2 Å². The van der Waals surface area contributed by atoms with Crippen LogP contribution in [0.25, 0.3) is 0 Å². The van der Waals surface area contributed by atoms with Crippen molar-refractivity contribution < 1.29 is 29.1 Å². The molecule has 10 heteroatoms. The summed E-state index contributed by atoms with van der Waals surface area (Å²) in [5, 5.41) is 21.2. The number of likely N-dealkylation sites (N-methyl/N-ethyl adjacent to an activating group) is 2. The van der Waals surface area contributed by atoms with E-state index in [1.54, 1.807) is 19.2 Å². The number of rotatable bonds is 11. The molecule has 0 aromatic heterocycles. The Morgan fingerprint density at radius 2 is 1.09 bits per heavy atom. The minimum Gasteiger partial charge on any atom is -0.489 e. The third-order valence-electron chi connectivity index (χ3n) is 7.17. The predicted octanol–water partition coefficient (Wildman–Crippen LogP) is 5.79. The molecule has 4 aromatic carbocycles. The van der Waals surface area contributed by atoms with Crippen LogP contribution in [0, 0.1) is 27.7 Å². The number of aryl methyl sites for hydroxylation is 4. The molecule has 4 rings (SSSR count). The molecule has 4 aromatic rings. The molecule has 0 radical (unpaired) electrons. The van der Waals surface area contributed by atoms with Crippen LogP contribution in [0.3, 0.4) is 0 Å². The SMILES string of the molecule is CNC(=O)/C(=N/O)c1ccccc1COc1cc(C)ccc1C.CNC(=O)/C(=N/OC)c1ccccc1COc1cc(C)ccc1C. The van der Waals surface area contributed by atoms with E-state index in [-0.39, 0.29) is 23.9 Å². The number of benzene rings is 4. The van der Waals surface area contributed by atoms with Crippen molar-refractivity contribution in [3.05, 3.63) is 129 Å². The Balaban J connectivity index is 0.000000256. The summed E-state index contributed by atoms with van der Waals surface area (Å²) in [4.78, 5) is 28.7. The summed E-state index contributed by atoms with van der Waals surface area (Å²) in [6.07, 6.45) is 0. The largest absolute Gasteiger partial charge is 0.489 e. The van der Waals surface area contributed by atoms with E-state index in [0.29, 0.717) is 17.7 Å². The van der Waals surface area contributed by atoms with Gasteiger partial charge in [-0.3, -0.25) is 9.59 Å². The zero-order chi connectivity index (χ0) is 34.3. The van der Waals surface area contributed by atoms with Crippen molar-refractivity contribution in [2.45, 2.75) is 40.9 Å². The molecule has 0 saturated heterocycles. The van der Waals surface area contributed by atoms with Crippen molar-refractivity contribution in [3.63, 3.8) is 0 Å². The highest BCUT2D eigenvalue weighted by Crippen LogP contribution is 2.23. The second kappa shape index (κ2) is 17.7.